The largest absolute Gasteiger partial charge is 0.487 e. The number of likely N-dealkylation sites (N-methyl/N-ethyl adjacent to an activating group) is 1. The number of nitriles is 1. The Morgan fingerprint density at radius 3 is 2.49 bits per heavy atom. The first kappa shape index (κ1) is 25.4. The Bertz CT molecular complexity index is 1410. The predicted molar refractivity (Wildman–Crippen MR) is 136 cm³/mol. The number of nitrogens with one attached hydrogen (secondary N) is 1. The molecular weight excluding hydrogens is 533 g/mol. The highest BCUT2D eigenvalue weighted by molar-refractivity contribution is 7.92. The second-order valence-electron chi connectivity index (χ2n) is 7.94. The van der Waals surface area contributed by atoms with Crippen LogP contribution in [-0.2, 0) is 10.0 Å². The fraction of sp³-hybridized carbons (Fsp3) is 0.208. The van der Waals surface area contributed by atoms with Crippen molar-refractivity contribution in [1.82, 2.24) is 4.90 Å². The van der Waals surface area contributed by atoms with Gasteiger partial charge < -0.3 is 14.4 Å². The molecule has 0 aliphatic carbocycles. The number of hydrogen-bond donors (Lipinski definition) is 1. The Labute approximate surface area is 218 Å². The van der Waals surface area contributed by atoms with Gasteiger partial charge in [0.05, 0.1) is 20.8 Å². The van der Waals surface area contributed by atoms with Crippen molar-refractivity contribution in [3.8, 4) is 23.3 Å². The van der Waals surface area contributed by atoms with Crippen molar-refractivity contribution in [2.75, 3.05) is 24.9 Å². The van der Waals surface area contributed by atoms with Crippen LogP contribution in [0, 0.1) is 11.3 Å². The molecule has 1 aliphatic heterocycles. The second kappa shape index (κ2) is 10.5. The number of hydrogen-bond acceptors (Lipinski definition) is 6. The molecule has 35 heavy (non-hydrogen) atoms. The molecule has 0 aromatic heterocycles. The molecule has 0 radical (unpaired) electrons. The third-order valence-electron chi connectivity index (χ3n) is 5.35. The predicted octanol–water partition coefficient (Wildman–Crippen LogP) is 6.19. The molecule has 3 aromatic rings. The lowest BCUT2D eigenvalue weighted by Crippen LogP contribution is -2.21. The number of sulfonamides is 1. The summed E-state index contributed by atoms with van der Waals surface area (Å²) in [5, 5.41) is 10.0. The van der Waals surface area contributed by atoms with Gasteiger partial charge in [-0.1, -0.05) is 46.9 Å². The minimum Gasteiger partial charge on any atom is -0.487 e. The summed E-state index contributed by atoms with van der Waals surface area (Å²) in [5.41, 5.74) is 0.272. The van der Waals surface area contributed by atoms with Crippen LogP contribution in [-0.4, -0.2) is 39.6 Å². The molecule has 3 aromatic carbocycles. The fourth-order valence-electron chi connectivity index (χ4n) is 3.63. The van der Waals surface area contributed by atoms with Gasteiger partial charge in [-0.05, 0) is 49.9 Å². The van der Waals surface area contributed by atoms with Gasteiger partial charge in [0, 0.05) is 19.2 Å². The van der Waals surface area contributed by atoms with E-state index < -0.39 is 10.0 Å². The minimum atomic E-state index is -4.09. The smallest absolute Gasteiger partial charge is 0.265 e. The van der Waals surface area contributed by atoms with E-state index in [4.69, 9.17) is 44.3 Å². The lowest BCUT2D eigenvalue weighted by molar-refractivity contribution is 0.208. The topological polar surface area (TPSA) is 91.7 Å². The summed E-state index contributed by atoms with van der Waals surface area (Å²) >= 11 is 18.4. The Morgan fingerprint density at radius 1 is 1.03 bits per heavy atom. The first-order valence-corrected chi connectivity index (χ1v) is 13.1. The third kappa shape index (κ3) is 5.77. The number of nitrogens with zero attached hydrogens (tertiary/aromatic N) is 2. The number of halogens is 3. The van der Waals surface area contributed by atoms with Gasteiger partial charge in [-0.2, -0.15) is 5.26 Å². The highest BCUT2D eigenvalue weighted by Gasteiger charge is 2.24. The summed E-state index contributed by atoms with van der Waals surface area (Å²) < 4.78 is 40.9. The van der Waals surface area contributed by atoms with Crippen molar-refractivity contribution in [2.45, 2.75) is 17.4 Å². The van der Waals surface area contributed by atoms with Crippen molar-refractivity contribution in [3.63, 3.8) is 0 Å². The molecule has 1 unspecified atom stereocenters. The molecular formula is C24H20Cl3N3O4S. The zero-order valence-corrected chi connectivity index (χ0v) is 21.5. The molecule has 11 heteroatoms. The van der Waals surface area contributed by atoms with Crippen LogP contribution < -0.4 is 14.2 Å². The summed E-state index contributed by atoms with van der Waals surface area (Å²) in [6.45, 7) is 1.67. The van der Waals surface area contributed by atoms with E-state index in [1.807, 2.05) is 13.1 Å². The number of rotatable bonds is 7. The molecule has 1 atom stereocenters. The Kier molecular flexibility index (Phi) is 7.64. The second-order valence-corrected chi connectivity index (χ2v) is 10.8. The SMILES string of the molecule is CN1CCC(Oc2cc(NS(=O)(=O)c3ccccc3Oc3ccc(Cl)c(Cl)c3C#N)ccc2Cl)C1. The van der Waals surface area contributed by atoms with Crippen molar-refractivity contribution >= 4 is 50.5 Å². The lowest BCUT2D eigenvalue weighted by Gasteiger charge is -2.17. The molecule has 1 heterocycles. The number of ether oxygens (including phenoxy) is 2. The maximum Gasteiger partial charge on any atom is 0.265 e. The standard InChI is InChI=1S/C24H20Cl3N3O4S/c1-30-11-10-16(14-30)33-22-12-15(6-7-18(22)25)29-35(31,32)23-5-3-2-4-21(23)34-20-9-8-19(26)24(27)17(20)13-28/h2-9,12,16,29H,10-11,14H2,1H3. The van der Waals surface area contributed by atoms with Crippen LogP contribution in [0.5, 0.6) is 17.2 Å². The van der Waals surface area contributed by atoms with Gasteiger partial charge in [-0.15, -0.1) is 0 Å². The average Bonchev–Trinajstić information content (AvgIpc) is 3.23. The number of para-hydroxylation sites is 1. The molecule has 182 valence electrons. The van der Waals surface area contributed by atoms with E-state index in [9.17, 15) is 13.7 Å². The van der Waals surface area contributed by atoms with Crippen LogP contribution in [0.25, 0.3) is 0 Å². The molecule has 7 nitrogen and oxygen atoms in total. The molecule has 0 spiro atoms. The molecule has 1 saturated heterocycles. The van der Waals surface area contributed by atoms with E-state index in [0.717, 1.165) is 19.5 Å². The maximum atomic E-state index is 13.3. The van der Waals surface area contributed by atoms with Gasteiger partial charge >= 0.3 is 0 Å². The number of anilines is 1. The van der Waals surface area contributed by atoms with Gasteiger partial charge in [0.2, 0.25) is 0 Å². The quantitative estimate of drug-likeness (QED) is 0.375. The summed E-state index contributed by atoms with van der Waals surface area (Å²) in [6, 6.07) is 15.6. The Balaban J connectivity index is 1.61. The van der Waals surface area contributed by atoms with Crippen LogP contribution in [0.3, 0.4) is 0 Å². The molecule has 1 N–H and O–H groups in total. The normalized spacial score (nSPS) is 16.0. The van der Waals surface area contributed by atoms with Crippen LogP contribution in [0.4, 0.5) is 5.69 Å². The maximum absolute atomic E-state index is 13.3. The highest BCUT2D eigenvalue weighted by atomic mass is 35.5. The molecule has 0 amide bonds. The van der Waals surface area contributed by atoms with Crippen molar-refractivity contribution < 1.29 is 17.9 Å². The van der Waals surface area contributed by atoms with Gasteiger partial charge in [0.1, 0.15) is 39.9 Å². The average molecular weight is 553 g/mol. The summed E-state index contributed by atoms with van der Waals surface area (Å²) in [7, 11) is -2.08. The molecule has 0 saturated carbocycles. The molecule has 4 rings (SSSR count). The summed E-state index contributed by atoms with van der Waals surface area (Å²) in [6.07, 6.45) is 0.825. The Morgan fingerprint density at radius 2 is 1.77 bits per heavy atom. The van der Waals surface area contributed by atoms with E-state index in [2.05, 4.69) is 9.62 Å². The van der Waals surface area contributed by atoms with E-state index in [-0.39, 0.29) is 43.8 Å². The van der Waals surface area contributed by atoms with E-state index in [1.54, 1.807) is 30.3 Å². The van der Waals surface area contributed by atoms with Crippen molar-refractivity contribution in [1.29, 1.82) is 5.26 Å². The van der Waals surface area contributed by atoms with Gasteiger partial charge in [0.25, 0.3) is 10.0 Å². The first-order chi connectivity index (χ1) is 16.7. The summed E-state index contributed by atoms with van der Waals surface area (Å²) in [4.78, 5) is 2.01. The van der Waals surface area contributed by atoms with Crippen LogP contribution >= 0.6 is 34.8 Å². The highest BCUT2D eigenvalue weighted by Crippen LogP contribution is 2.37. The Hall–Kier alpha value is -2.67. The van der Waals surface area contributed by atoms with E-state index in [1.165, 1.54) is 24.3 Å². The van der Waals surface area contributed by atoms with Gasteiger partial charge in [-0.25, -0.2) is 8.42 Å². The first-order valence-electron chi connectivity index (χ1n) is 10.5. The van der Waals surface area contributed by atoms with E-state index >= 15 is 0 Å². The molecule has 0 bridgehead atoms. The monoisotopic (exact) mass is 551 g/mol. The van der Waals surface area contributed by atoms with Crippen molar-refractivity contribution in [3.05, 3.63) is 75.2 Å². The number of likely N-dealkylation sites (tertiary alicyclic amines) is 1. The van der Waals surface area contributed by atoms with E-state index in [0.29, 0.717) is 10.8 Å². The van der Waals surface area contributed by atoms with Crippen LogP contribution in [0.15, 0.2) is 59.5 Å². The number of benzene rings is 3. The van der Waals surface area contributed by atoms with Gasteiger partial charge in [0.15, 0.2) is 0 Å². The van der Waals surface area contributed by atoms with Crippen molar-refractivity contribution in [2.24, 2.45) is 0 Å². The lowest BCUT2D eigenvalue weighted by atomic mass is 10.2. The van der Waals surface area contributed by atoms with Gasteiger partial charge in [-0.3, -0.25) is 4.72 Å². The molecule has 1 fully saturated rings. The zero-order valence-electron chi connectivity index (χ0n) is 18.5. The van der Waals surface area contributed by atoms with Crippen LogP contribution in [0.2, 0.25) is 15.1 Å². The van der Waals surface area contributed by atoms with Crippen LogP contribution in [0.1, 0.15) is 12.0 Å². The third-order valence-corrected chi connectivity index (χ3v) is 7.89. The summed E-state index contributed by atoms with van der Waals surface area (Å²) in [5.74, 6) is 0.480. The molecule has 1 aliphatic rings. The zero-order chi connectivity index (χ0) is 25.2. The minimum absolute atomic E-state index is 0.00336. The fourth-order valence-corrected chi connectivity index (χ4v) is 5.33.